The Balaban J connectivity index is 2.38. The zero-order chi connectivity index (χ0) is 17.0. The van der Waals surface area contributed by atoms with Crippen LogP contribution < -0.4 is 5.32 Å². The first-order valence-electron chi connectivity index (χ1n) is 7.49. The van der Waals surface area contributed by atoms with Crippen molar-refractivity contribution < 1.29 is 19.4 Å². The maximum absolute atomic E-state index is 12.6. The smallest absolute Gasteiger partial charge is 0.331 e. The van der Waals surface area contributed by atoms with E-state index in [4.69, 9.17) is 9.84 Å². The molecule has 0 bridgehead atoms. The van der Waals surface area contributed by atoms with E-state index in [2.05, 4.69) is 37.2 Å². The van der Waals surface area contributed by atoms with Crippen LogP contribution in [0.5, 0.6) is 0 Å². The third kappa shape index (κ3) is 3.34. The van der Waals surface area contributed by atoms with Crippen molar-refractivity contribution in [2.75, 3.05) is 20.3 Å². The van der Waals surface area contributed by atoms with Gasteiger partial charge in [0.15, 0.2) is 0 Å². The van der Waals surface area contributed by atoms with Crippen molar-refractivity contribution in [3.8, 4) is 0 Å². The predicted octanol–water partition coefficient (Wildman–Crippen LogP) is 1.99. The minimum absolute atomic E-state index is 0.0600. The molecule has 0 aromatic heterocycles. The average molecular weight is 452 g/mol. The van der Waals surface area contributed by atoms with Gasteiger partial charge in [0.1, 0.15) is 0 Å². The number of ether oxygens (including phenoxy) is 1. The summed E-state index contributed by atoms with van der Waals surface area (Å²) in [5, 5.41) is 11.5. The molecule has 1 amide bonds. The molecule has 6 nitrogen and oxygen atoms in total. The van der Waals surface area contributed by atoms with E-state index in [1.165, 1.54) is 20.0 Å². The Kier molecular flexibility index (Phi) is 6.27. The molecule has 0 atom stereocenters. The highest BCUT2D eigenvalue weighted by Crippen LogP contribution is 2.47. The van der Waals surface area contributed by atoms with Crippen LogP contribution in [0.3, 0.4) is 0 Å². The number of carbonyl (C=O) groups is 2. The van der Waals surface area contributed by atoms with Gasteiger partial charge < -0.3 is 20.1 Å². The number of nitrogens with one attached hydrogen (secondary N) is 1. The first-order valence-corrected chi connectivity index (χ1v) is 9.07. The lowest BCUT2D eigenvalue weighted by Gasteiger charge is -2.37. The summed E-state index contributed by atoms with van der Waals surface area (Å²) in [5.74, 6) is -1.24. The Hall–Kier alpha value is -0.860. The third-order valence-corrected chi connectivity index (χ3v) is 5.82. The molecule has 0 aromatic carbocycles. The van der Waals surface area contributed by atoms with E-state index in [1.54, 1.807) is 12.4 Å². The SMILES string of the molecule is COC(=O)C1(C(=O)NCCO)C(Br)=CN(C2CCCC2)C=C1Br. The molecule has 8 heteroatoms. The molecule has 1 aliphatic carbocycles. The summed E-state index contributed by atoms with van der Waals surface area (Å²) in [5.41, 5.74) is -1.61. The molecule has 23 heavy (non-hydrogen) atoms. The van der Waals surface area contributed by atoms with Crippen LogP contribution in [0, 0.1) is 5.41 Å². The second-order valence-corrected chi connectivity index (χ2v) is 7.27. The van der Waals surface area contributed by atoms with Crippen molar-refractivity contribution in [1.29, 1.82) is 0 Å². The summed E-state index contributed by atoms with van der Waals surface area (Å²) in [6, 6.07) is 0.367. The summed E-state index contributed by atoms with van der Waals surface area (Å²) in [7, 11) is 1.24. The zero-order valence-electron chi connectivity index (χ0n) is 12.8. The van der Waals surface area contributed by atoms with E-state index in [9.17, 15) is 9.59 Å². The van der Waals surface area contributed by atoms with Gasteiger partial charge in [0, 0.05) is 34.0 Å². The molecule has 2 aliphatic rings. The molecule has 1 heterocycles. The molecule has 2 N–H and O–H groups in total. The number of methoxy groups -OCH3 is 1. The average Bonchev–Trinajstić information content (AvgIpc) is 3.06. The van der Waals surface area contributed by atoms with E-state index in [1.807, 2.05) is 4.90 Å². The minimum atomic E-state index is -1.61. The van der Waals surface area contributed by atoms with E-state index in [0.29, 0.717) is 15.0 Å². The Bertz CT molecular complexity index is 522. The fraction of sp³-hybridized carbons (Fsp3) is 0.600. The monoisotopic (exact) mass is 450 g/mol. The number of aliphatic hydroxyl groups excluding tert-OH is 1. The third-order valence-electron chi connectivity index (χ3n) is 4.22. The lowest BCUT2D eigenvalue weighted by molar-refractivity contribution is -0.153. The normalized spacial score (nSPS) is 20.8. The van der Waals surface area contributed by atoms with Crippen LogP contribution in [0.25, 0.3) is 0 Å². The van der Waals surface area contributed by atoms with E-state index >= 15 is 0 Å². The van der Waals surface area contributed by atoms with Crippen LogP contribution in [-0.2, 0) is 14.3 Å². The number of halogens is 2. The molecular weight excluding hydrogens is 432 g/mol. The highest BCUT2D eigenvalue weighted by atomic mass is 79.9. The van der Waals surface area contributed by atoms with Crippen molar-refractivity contribution in [2.24, 2.45) is 5.41 Å². The maximum Gasteiger partial charge on any atom is 0.331 e. The zero-order valence-corrected chi connectivity index (χ0v) is 16.0. The fourth-order valence-corrected chi connectivity index (χ4v) is 4.83. The van der Waals surface area contributed by atoms with Crippen molar-refractivity contribution in [3.63, 3.8) is 0 Å². The predicted molar refractivity (Wildman–Crippen MR) is 92.7 cm³/mol. The van der Waals surface area contributed by atoms with E-state index in [0.717, 1.165) is 12.8 Å². The van der Waals surface area contributed by atoms with Crippen LogP contribution in [-0.4, -0.2) is 48.2 Å². The Morgan fingerprint density at radius 3 is 2.39 bits per heavy atom. The summed E-state index contributed by atoms with van der Waals surface area (Å²) in [6.07, 6.45) is 8.06. The largest absolute Gasteiger partial charge is 0.468 e. The summed E-state index contributed by atoms with van der Waals surface area (Å²) >= 11 is 6.80. The molecule has 0 radical (unpaired) electrons. The number of esters is 1. The summed E-state index contributed by atoms with van der Waals surface area (Å²) < 4.78 is 5.69. The van der Waals surface area contributed by atoms with Crippen molar-refractivity contribution in [1.82, 2.24) is 10.2 Å². The highest BCUT2D eigenvalue weighted by molar-refractivity contribution is 9.12. The van der Waals surface area contributed by atoms with Gasteiger partial charge in [-0.15, -0.1) is 0 Å². The Morgan fingerprint density at radius 2 is 1.91 bits per heavy atom. The molecular formula is C15H20Br2N2O4. The number of hydrogen-bond donors (Lipinski definition) is 2. The van der Waals surface area contributed by atoms with E-state index in [-0.39, 0.29) is 13.2 Å². The summed E-state index contributed by atoms with van der Waals surface area (Å²) in [6.45, 7) is -0.148. The second-order valence-electron chi connectivity index (χ2n) is 5.56. The van der Waals surface area contributed by atoms with Crippen LogP contribution in [0.4, 0.5) is 0 Å². The molecule has 128 valence electrons. The Labute approximate surface area is 152 Å². The maximum atomic E-state index is 12.6. The number of carbonyl (C=O) groups excluding carboxylic acids is 2. The van der Waals surface area contributed by atoms with Gasteiger partial charge in [0.25, 0.3) is 0 Å². The van der Waals surface area contributed by atoms with Crippen molar-refractivity contribution >= 4 is 43.7 Å². The summed E-state index contributed by atoms with van der Waals surface area (Å²) in [4.78, 5) is 27.1. The van der Waals surface area contributed by atoms with Gasteiger partial charge in [-0.1, -0.05) is 44.7 Å². The van der Waals surface area contributed by atoms with Gasteiger partial charge in [0.2, 0.25) is 11.3 Å². The molecule has 0 unspecified atom stereocenters. The van der Waals surface area contributed by atoms with Gasteiger partial charge in [-0.3, -0.25) is 9.59 Å². The lowest BCUT2D eigenvalue weighted by atomic mass is 9.84. The number of amides is 1. The molecule has 0 saturated heterocycles. The van der Waals surface area contributed by atoms with Gasteiger partial charge in [0.05, 0.1) is 13.7 Å². The number of nitrogens with zero attached hydrogens (tertiary/aromatic N) is 1. The Morgan fingerprint density at radius 1 is 1.35 bits per heavy atom. The van der Waals surface area contributed by atoms with Crippen LogP contribution in [0.2, 0.25) is 0 Å². The van der Waals surface area contributed by atoms with Crippen molar-refractivity contribution in [3.05, 3.63) is 21.4 Å². The van der Waals surface area contributed by atoms with Crippen LogP contribution in [0.1, 0.15) is 25.7 Å². The molecule has 1 aliphatic heterocycles. The quantitative estimate of drug-likeness (QED) is 0.493. The number of rotatable bonds is 5. The van der Waals surface area contributed by atoms with Gasteiger partial charge in [-0.2, -0.15) is 0 Å². The van der Waals surface area contributed by atoms with Crippen LogP contribution >= 0.6 is 31.9 Å². The minimum Gasteiger partial charge on any atom is -0.468 e. The lowest BCUT2D eigenvalue weighted by Crippen LogP contribution is -2.50. The van der Waals surface area contributed by atoms with Gasteiger partial charge >= 0.3 is 5.97 Å². The molecule has 1 saturated carbocycles. The number of hydrogen-bond acceptors (Lipinski definition) is 5. The number of aliphatic hydroxyl groups is 1. The highest BCUT2D eigenvalue weighted by Gasteiger charge is 2.54. The van der Waals surface area contributed by atoms with Gasteiger partial charge in [-0.05, 0) is 12.8 Å². The molecule has 1 fully saturated rings. The topological polar surface area (TPSA) is 78.9 Å². The molecule has 0 aromatic rings. The fourth-order valence-electron chi connectivity index (χ4n) is 2.98. The van der Waals surface area contributed by atoms with Crippen molar-refractivity contribution in [2.45, 2.75) is 31.7 Å². The van der Waals surface area contributed by atoms with E-state index < -0.39 is 17.3 Å². The second kappa shape index (κ2) is 7.81. The molecule has 2 rings (SSSR count). The van der Waals surface area contributed by atoms with Gasteiger partial charge in [-0.25, -0.2) is 0 Å². The van der Waals surface area contributed by atoms with Crippen LogP contribution in [0.15, 0.2) is 21.4 Å². The standard InChI is InChI=1S/C15H20Br2N2O4/c1-23-14(22)15(13(21)18-6-7-20)11(16)8-19(9-12(15)17)10-4-2-3-5-10/h8-10,20H,2-7H2,1H3,(H,18,21). The first-order chi connectivity index (χ1) is 11.0. The molecule has 0 spiro atoms. The first kappa shape index (κ1) is 18.5.